The fourth-order valence-electron chi connectivity index (χ4n) is 1.32. The van der Waals surface area contributed by atoms with Gasteiger partial charge < -0.3 is 10.1 Å². The molecule has 1 aliphatic rings. The standard InChI is InChI=1S/C9H19NOS/c1-8(11-2)7-10-9-3-5-12-6-4-9/h8-10H,3-7H2,1-2H3/t8-/m1/s1. The maximum atomic E-state index is 5.17. The third-order valence-electron chi connectivity index (χ3n) is 2.32. The summed E-state index contributed by atoms with van der Waals surface area (Å²) in [7, 11) is 1.77. The van der Waals surface area contributed by atoms with Gasteiger partial charge in [-0.25, -0.2) is 0 Å². The lowest BCUT2D eigenvalue weighted by Gasteiger charge is -2.23. The van der Waals surface area contributed by atoms with Crippen LogP contribution in [0.4, 0.5) is 0 Å². The first-order valence-electron chi connectivity index (χ1n) is 4.67. The van der Waals surface area contributed by atoms with Crippen LogP contribution >= 0.6 is 11.8 Å². The molecular formula is C9H19NOS. The zero-order chi connectivity index (χ0) is 8.81. The Labute approximate surface area is 79.4 Å². The van der Waals surface area contributed by atoms with Crippen molar-refractivity contribution < 1.29 is 4.74 Å². The van der Waals surface area contributed by atoms with E-state index in [9.17, 15) is 0 Å². The summed E-state index contributed by atoms with van der Waals surface area (Å²) in [6.45, 7) is 3.09. The van der Waals surface area contributed by atoms with Gasteiger partial charge in [-0.15, -0.1) is 0 Å². The summed E-state index contributed by atoms with van der Waals surface area (Å²) in [6.07, 6.45) is 2.99. The fourth-order valence-corrected chi connectivity index (χ4v) is 2.42. The number of thioether (sulfide) groups is 1. The Morgan fingerprint density at radius 1 is 1.50 bits per heavy atom. The molecule has 1 rings (SSSR count). The lowest BCUT2D eigenvalue weighted by atomic mass is 10.1. The topological polar surface area (TPSA) is 21.3 Å². The van der Waals surface area contributed by atoms with Crippen LogP contribution in [0.5, 0.6) is 0 Å². The van der Waals surface area contributed by atoms with Gasteiger partial charge in [0.05, 0.1) is 6.10 Å². The molecule has 0 amide bonds. The molecule has 0 unspecified atom stereocenters. The molecule has 0 spiro atoms. The van der Waals surface area contributed by atoms with Crippen molar-refractivity contribution in [3.05, 3.63) is 0 Å². The molecule has 1 heterocycles. The second kappa shape index (κ2) is 5.84. The van der Waals surface area contributed by atoms with Gasteiger partial charge >= 0.3 is 0 Å². The summed E-state index contributed by atoms with van der Waals surface area (Å²) in [6, 6.07) is 0.740. The highest BCUT2D eigenvalue weighted by atomic mass is 32.2. The molecule has 72 valence electrons. The van der Waals surface area contributed by atoms with Gasteiger partial charge in [0.1, 0.15) is 0 Å². The summed E-state index contributed by atoms with van der Waals surface area (Å²) < 4.78 is 5.17. The van der Waals surface area contributed by atoms with E-state index >= 15 is 0 Å². The first-order valence-corrected chi connectivity index (χ1v) is 5.82. The van der Waals surface area contributed by atoms with Gasteiger partial charge in [-0.05, 0) is 31.3 Å². The molecule has 0 saturated carbocycles. The van der Waals surface area contributed by atoms with E-state index < -0.39 is 0 Å². The molecule has 1 saturated heterocycles. The quantitative estimate of drug-likeness (QED) is 0.724. The van der Waals surface area contributed by atoms with E-state index in [2.05, 4.69) is 24.0 Å². The van der Waals surface area contributed by atoms with Gasteiger partial charge in [0.25, 0.3) is 0 Å². The molecule has 0 aromatic heterocycles. The van der Waals surface area contributed by atoms with Gasteiger partial charge in [-0.2, -0.15) is 11.8 Å². The highest BCUT2D eigenvalue weighted by Crippen LogP contribution is 2.16. The Bertz CT molecular complexity index is 115. The number of ether oxygens (including phenoxy) is 1. The number of nitrogens with one attached hydrogen (secondary N) is 1. The predicted octanol–water partition coefficient (Wildman–Crippen LogP) is 1.51. The molecule has 1 atom stereocenters. The zero-order valence-corrected chi connectivity index (χ0v) is 8.82. The average Bonchev–Trinajstić information content (AvgIpc) is 2.16. The van der Waals surface area contributed by atoms with E-state index in [0.29, 0.717) is 6.10 Å². The lowest BCUT2D eigenvalue weighted by molar-refractivity contribution is 0.114. The van der Waals surface area contributed by atoms with Crippen molar-refractivity contribution in [3.8, 4) is 0 Å². The Morgan fingerprint density at radius 2 is 2.17 bits per heavy atom. The molecule has 0 aliphatic carbocycles. The summed E-state index contributed by atoms with van der Waals surface area (Å²) in [5.74, 6) is 2.64. The van der Waals surface area contributed by atoms with Crippen LogP contribution in [0.2, 0.25) is 0 Å². The molecule has 1 fully saturated rings. The summed E-state index contributed by atoms with van der Waals surface area (Å²) in [4.78, 5) is 0. The minimum absolute atomic E-state index is 0.347. The molecule has 2 nitrogen and oxygen atoms in total. The summed E-state index contributed by atoms with van der Waals surface area (Å²) in [5.41, 5.74) is 0. The van der Waals surface area contributed by atoms with Crippen LogP contribution in [0.25, 0.3) is 0 Å². The number of rotatable bonds is 4. The van der Waals surface area contributed by atoms with Gasteiger partial charge in [0, 0.05) is 19.7 Å². The Balaban J connectivity index is 2.05. The maximum Gasteiger partial charge on any atom is 0.0667 e. The van der Waals surface area contributed by atoms with E-state index in [1.54, 1.807) is 7.11 Å². The monoisotopic (exact) mass is 189 g/mol. The van der Waals surface area contributed by atoms with Gasteiger partial charge in [-0.1, -0.05) is 0 Å². The molecule has 0 aromatic carbocycles. The second-order valence-corrected chi connectivity index (χ2v) is 4.57. The normalized spacial score (nSPS) is 22.5. The summed E-state index contributed by atoms with van der Waals surface area (Å²) >= 11 is 2.07. The highest BCUT2D eigenvalue weighted by Gasteiger charge is 2.13. The molecule has 1 N–H and O–H groups in total. The van der Waals surface area contributed by atoms with Crippen LogP contribution in [-0.2, 0) is 4.74 Å². The van der Waals surface area contributed by atoms with E-state index in [1.165, 1.54) is 24.3 Å². The first kappa shape index (κ1) is 10.4. The molecular weight excluding hydrogens is 170 g/mol. The van der Waals surface area contributed by atoms with Gasteiger partial charge in [0.2, 0.25) is 0 Å². The van der Waals surface area contributed by atoms with Crippen molar-refractivity contribution in [1.82, 2.24) is 5.32 Å². The SMILES string of the molecule is CO[C@H](C)CNC1CCSCC1. The second-order valence-electron chi connectivity index (χ2n) is 3.34. The molecule has 3 heteroatoms. The minimum Gasteiger partial charge on any atom is -0.380 e. The van der Waals surface area contributed by atoms with Gasteiger partial charge in [-0.3, -0.25) is 0 Å². The Hall–Kier alpha value is 0.270. The van der Waals surface area contributed by atoms with Crippen LogP contribution in [0.3, 0.4) is 0 Å². The first-order chi connectivity index (χ1) is 5.83. The molecule has 0 radical (unpaired) electrons. The van der Waals surface area contributed by atoms with E-state index in [1.807, 2.05) is 0 Å². The van der Waals surface area contributed by atoms with Crippen LogP contribution in [0.15, 0.2) is 0 Å². The smallest absolute Gasteiger partial charge is 0.0667 e. The average molecular weight is 189 g/mol. The molecule has 0 aromatic rings. The Kier molecular flexibility index (Phi) is 5.04. The molecule has 1 aliphatic heterocycles. The van der Waals surface area contributed by atoms with Crippen molar-refractivity contribution in [2.75, 3.05) is 25.2 Å². The number of hydrogen-bond donors (Lipinski definition) is 1. The third kappa shape index (κ3) is 3.78. The number of methoxy groups -OCH3 is 1. The van der Waals surface area contributed by atoms with Crippen LogP contribution < -0.4 is 5.32 Å². The van der Waals surface area contributed by atoms with Gasteiger partial charge in [0.15, 0.2) is 0 Å². The van der Waals surface area contributed by atoms with Crippen molar-refractivity contribution in [1.29, 1.82) is 0 Å². The maximum absolute atomic E-state index is 5.17. The van der Waals surface area contributed by atoms with Crippen LogP contribution in [0.1, 0.15) is 19.8 Å². The van der Waals surface area contributed by atoms with E-state index in [-0.39, 0.29) is 0 Å². The largest absolute Gasteiger partial charge is 0.380 e. The Morgan fingerprint density at radius 3 is 2.75 bits per heavy atom. The molecule has 12 heavy (non-hydrogen) atoms. The highest BCUT2D eigenvalue weighted by molar-refractivity contribution is 7.99. The summed E-state index contributed by atoms with van der Waals surface area (Å²) in [5, 5.41) is 3.53. The third-order valence-corrected chi connectivity index (χ3v) is 3.37. The van der Waals surface area contributed by atoms with Crippen molar-refractivity contribution in [3.63, 3.8) is 0 Å². The van der Waals surface area contributed by atoms with Crippen molar-refractivity contribution in [2.45, 2.75) is 31.9 Å². The fraction of sp³-hybridized carbons (Fsp3) is 1.00. The lowest BCUT2D eigenvalue weighted by Crippen LogP contribution is -2.37. The molecule has 0 bridgehead atoms. The zero-order valence-electron chi connectivity index (χ0n) is 8.01. The van der Waals surface area contributed by atoms with Crippen LogP contribution in [0, 0.1) is 0 Å². The van der Waals surface area contributed by atoms with Crippen molar-refractivity contribution >= 4 is 11.8 Å². The van der Waals surface area contributed by atoms with Crippen molar-refractivity contribution in [2.24, 2.45) is 0 Å². The minimum atomic E-state index is 0.347. The van der Waals surface area contributed by atoms with Crippen LogP contribution in [-0.4, -0.2) is 37.3 Å². The van der Waals surface area contributed by atoms with E-state index in [0.717, 1.165) is 12.6 Å². The number of hydrogen-bond acceptors (Lipinski definition) is 3. The predicted molar refractivity (Wildman–Crippen MR) is 54.8 cm³/mol. The van der Waals surface area contributed by atoms with E-state index in [4.69, 9.17) is 4.74 Å².